The summed E-state index contributed by atoms with van der Waals surface area (Å²) in [5, 5.41) is 0.708. The van der Waals surface area contributed by atoms with Crippen molar-refractivity contribution < 1.29 is 22.8 Å². The van der Waals surface area contributed by atoms with E-state index in [0.29, 0.717) is 17.0 Å². The summed E-state index contributed by atoms with van der Waals surface area (Å²) in [5.41, 5.74) is 4.42. The van der Waals surface area contributed by atoms with Gasteiger partial charge in [0.2, 0.25) is 0 Å². The van der Waals surface area contributed by atoms with Crippen molar-refractivity contribution in [1.29, 1.82) is 0 Å². The van der Waals surface area contributed by atoms with Gasteiger partial charge >= 0.3 is 6.18 Å². The third kappa shape index (κ3) is 3.62. The number of hydrogen-bond acceptors (Lipinski definition) is 3. The van der Waals surface area contributed by atoms with Crippen LogP contribution in [0, 0.1) is 6.92 Å². The summed E-state index contributed by atoms with van der Waals surface area (Å²) >= 11 is 0. The molecule has 3 rings (SSSR count). The van der Waals surface area contributed by atoms with Crippen LogP contribution in [0.1, 0.15) is 32.1 Å². The molecule has 0 aliphatic carbocycles. The van der Waals surface area contributed by atoms with Gasteiger partial charge in [-0.2, -0.15) is 13.2 Å². The maximum absolute atomic E-state index is 12.6. The highest BCUT2D eigenvalue weighted by molar-refractivity contribution is 6.08. The standard InChI is InChI=1S/C18H15F3N4O2/c1-10-11(7-8-15(22-10)18(19,20)21)16(26)23-24-17(27)13-9-25(2)14-6-4-3-5-12(13)14/h3-9H,1-2H3,(H,23,26)(H,24,27). The fourth-order valence-electron chi connectivity index (χ4n) is 2.73. The van der Waals surface area contributed by atoms with Gasteiger partial charge < -0.3 is 4.57 Å². The minimum absolute atomic E-state index is 0.0683. The molecule has 0 unspecified atom stereocenters. The molecule has 0 saturated heterocycles. The second kappa shape index (κ2) is 6.75. The molecule has 0 fully saturated rings. The zero-order chi connectivity index (χ0) is 19.8. The van der Waals surface area contributed by atoms with E-state index in [9.17, 15) is 22.8 Å². The van der Waals surface area contributed by atoms with E-state index in [1.807, 2.05) is 12.1 Å². The molecule has 3 aromatic rings. The van der Waals surface area contributed by atoms with E-state index in [0.717, 1.165) is 11.6 Å². The summed E-state index contributed by atoms with van der Waals surface area (Å²) < 4.78 is 39.7. The molecular formula is C18H15F3N4O2. The molecule has 0 aliphatic rings. The first-order valence-corrected chi connectivity index (χ1v) is 7.88. The predicted octanol–water partition coefficient (Wildman–Crippen LogP) is 2.98. The molecule has 0 spiro atoms. The number of halogens is 3. The van der Waals surface area contributed by atoms with Crippen molar-refractivity contribution in [3.63, 3.8) is 0 Å². The monoisotopic (exact) mass is 376 g/mol. The number of amides is 2. The van der Waals surface area contributed by atoms with E-state index < -0.39 is 23.7 Å². The van der Waals surface area contributed by atoms with E-state index in [2.05, 4.69) is 15.8 Å². The molecular weight excluding hydrogens is 361 g/mol. The van der Waals surface area contributed by atoms with Crippen LogP contribution in [-0.2, 0) is 13.2 Å². The Balaban J connectivity index is 1.75. The van der Waals surface area contributed by atoms with Gasteiger partial charge in [0, 0.05) is 24.1 Å². The van der Waals surface area contributed by atoms with Gasteiger partial charge in [-0.15, -0.1) is 0 Å². The SMILES string of the molecule is Cc1nc(C(F)(F)F)ccc1C(=O)NNC(=O)c1cn(C)c2ccccc12. The Bertz CT molecular complexity index is 1040. The van der Waals surface area contributed by atoms with Crippen molar-refractivity contribution in [3.8, 4) is 0 Å². The number of rotatable bonds is 2. The number of nitrogens with zero attached hydrogens (tertiary/aromatic N) is 2. The second-order valence-electron chi connectivity index (χ2n) is 5.91. The maximum atomic E-state index is 12.6. The third-order valence-electron chi connectivity index (χ3n) is 4.05. The molecule has 2 aromatic heterocycles. The average molecular weight is 376 g/mol. The molecule has 27 heavy (non-hydrogen) atoms. The van der Waals surface area contributed by atoms with Gasteiger partial charge in [-0.05, 0) is 25.1 Å². The van der Waals surface area contributed by atoms with Crippen molar-refractivity contribution in [2.24, 2.45) is 7.05 Å². The molecule has 0 aliphatic heterocycles. The van der Waals surface area contributed by atoms with Gasteiger partial charge in [-0.3, -0.25) is 20.4 Å². The molecule has 6 nitrogen and oxygen atoms in total. The van der Waals surface area contributed by atoms with Gasteiger partial charge in [0.25, 0.3) is 11.8 Å². The van der Waals surface area contributed by atoms with Gasteiger partial charge in [0.1, 0.15) is 5.69 Å². The van der Waals surface area contributed by atoms with E-state index in [-0.39, 0.29) is 11.3 Å². The number of para-hydroxylation sites is 1. The van der Waals surface area contributed by atoms with Crippen LogP contribution >= 0.6 is 0 Å². The number of pyridine rings is 1. The first-order chi connectivity index (χ1) is 12.7. The number of hydrazine groups is 1. The normalized spacial score (nSPS) is 11.4. The first kappa shape index (κ1) is 18.4. The van der Waals surface area contributed by atoms with Crippen molar-refractivity contribution in [3.05, 3.63) is 65.1 Å². The van der Waals surface area contributed by atoms with Crippen LogP contribution in [0.15, 0.2) is 42.6 Å². The molecule has 0 saturated carbocycles. The topological polar surface area (TPSA) is 76.0 Å². The van der Waals surface area contributed by atoms with Crippen molar-refractivity contribution in [2.45, 2.75) is 13.1 Å². The Hall–Kier alpha value is -3.36. The summed E-state index contributed by atoms with van der Waals surface area (Å²) in [6.45, 7) is 1.29. The highest BCUT2D eigenvalue weighted by Crippen LogP contribution is 2.28. The number of carbonyl (C=O) groups excluding carboxylic acids is 2. The quantitative estimate of drug-likeness (QED) is 0.675. The zero-order valence-electron chi connectivity index (χ0n) is 14.4. The van der Waals surface area contributed by atoms with E-state index in [4.69, 9.17) is 0 Å². The number of nitrogens with one attached hydrogen (secondary N) is 2. The summed E-state index contributed by atoms with van der Waals surface area (Å²) in [5.74, 6) is -1.31. The third-order valence-corrected chi connectivity index (χ3v) is 4.05. The van der Waals surface area contributed by atoms with Crippen LogP contribution < -0.4 is 10.9 Å². The van der Waals surface area contributed by atoms with Gasteiger partial charge in [0.15, 0.2) is 0 Å². The van der Waals surface area contributed by atoms with Gasteiger partial charge in [0.05, 0.1) is 16.8 Å². The van der Waals surface area contributed by atoms with Gasteiger partial charge in [-0.25, -0.2) is 4.98 Å². The Morgan fingerprint density at radius 1 is 1.00 bits per heavy atom. The number of hydrogen-bond donors (Lipinski definition) is 2. The fourth-order valence-corrected chi connectivity index (χ4v) is 2.73. The van der Waals surface area contributed by atoms with Crippen LogP contribution in [0.25, 0.3) is 10.9 Å². The number of benzene rings is 1. The van der Waals surface area contributed by atoms with Gasteiger partial charge in [-0.1, -0.05) is 18.2 Å². The molecule has 9 heteroatoms. The van der Waals surface area contributed by atoms with Crippen LogP contribution in [0.4, 0.5) is 13.2 Å². The highest BCUT2D eigenvalue weighted by atomic mass is 19.4. The summed E-state index contributed by atoms with van der Waals surface area (Å²) in [4.78, 5) is 27.9. The lowest BCUT2D eigenvalue weighted by atomic mass is 10.1. The van der Waals surface area contributed by atoms with E-state index in [1.54, 1.807) is 29.9 Å². The minimum atomic E-state index is -4.59. The van der Waals surface area contributed by atoms with Crippen LogP contribution in [0.3, 0.4) is 0 Å². The lowest BCUT2D eigenvalue weighted by molar-refractivity contribution is -0.141. The van der Waals surface area contributed by atoms with Crippen LogP contribution in [0.2, 0.25) is 0 Å². The lowest BCUT2D eigenvalue weighted by Gasteiger charge is -2.11. The molecule has 1 aromatic carbocycles. The van der Waals surface area contributed by atoms with Crippen molar-refractivity contribution >= 4 is 22.7 Å². The summed E-state index contributed by atoms with van der Waals surface area (Å²) in [6, 6.07) is 8.98. The average Bonchev–Trinajstić information content (AvgIpc) is 2.96. The molecule has 2 heterocycles. The lowest BCUT2D eigenvalue weighted by Crippen LogP contribution is -2.42. The Morgan fingerprint density at radius 2 is 1.63 bits per heavy atom. The molecule has 2 N–H and O–H groups in total. The Labute approximate surface area is 152 Å². The molecule has 2 amide bonds. The second-order valence-corrected chi connectivity index (χ2v) is 5.91. The summed E-state index contributed by atoms with van der Waals surface area (Å²) in [6.07, 6.45) is -2.97. The largest absolute Gasteiger partial charge is 0.433 e. The Morgan fingerprint density at radius 3 is 2.26 bits per heavy atom. The number of fused-ring (bicyclic) bond motifs is 1. The molecule has 140 valence electrons. The zero-order valence-corrected chi connectivity index (χ0v) is 14.4. The van der Waals surface area contributed by atoms with E-state index >= 15 is 0 Å². The molecule has 0 bridgehead atoms. The number of aryl methyl sites for hydroxylation is 2. The fraction of sp³-hybridized carbons (Fsp3) is 0.167. The maximum Gasteiger partial charge on any atom is 0.433 e. The van der Waals surface area contributed by atoms with Crippen LogP contribution in [-0.4, -0.2) is 21.4 Å². The predicted molar refractivity (Wildman–Crippen MR) is 91.8 cm³/mol. The first-order valence-electron chi connectivity index (χ1n) is 7.88. The van der Waals surface area contributed by atoms with Crippen molar-refractivity contribution in [1.82, 2.24) is 20.4 Å². The number of aromatic nitrogens is 2. The smallest absolute Gasteiger partial charge is 0.350 e. The highest BCUT2D eigenvalue weighted by Gasteiger charge is 2.33. The molecule has 0 radical (unpaired) electrons. The van der Waals surface area contributed by atoms with Crippen LogP contribution in [0.5, 0.6) is 0 Å². The molecule has 0 atom stereocenters. The Kier molecular flexibility index (Phi) is 4.61. The minimum Gasteiger partial charge on any atom is -0.350 e. The number of carbonyl (C=O) groups is 2. The summed E-state index contributed by atoms with van der Waals surface area (Å²) in [7, 11) is 1.79. The number of alkyl halides is 3. The van der Waals surface area contributed by atoms with E-state index in [1.165, 1.54) is 6.92 Å². The van der Waals surface area contributed by atoms with Crippen molar-refractivity contribution in [2.75, 3.05) is 0 Å².